The van der Waals surface area contributed by atoms with Gasteiger partial charge in [-0.1, -0.05) is 20.8 Å². The maximum Gasteiger partial charge on any atom is 0.134 e. The number of halogens is 1. The molecule has 1 aromatic carbocycles. The highest BCUT2D eigenvalue weighted by molar-refractivity contribution is 5.59. The quantitative estimate of drug-likeness (QED) is 0.760. The van der Waals surface area contributed by atoms with Crippen molar-refractivity contribution in [3.8, 4) is 11.3 Å². The third kappa shape index (κ3) is 2.73. The molecule has 0 saturated carbocycles. The van der Waals surface area contributed by atoms with Gasteiger partial charge in [0.15, 0.2) is 0 Å². The molecule has 0 aliphatic heterocycles. The van der Waals surface area contributed by atoms with Crippen LogP contribution in [0.5, 0.6) is 0 Å². The van der Waals surface area contributed by atoms with Gasteiger partial charge in [0.2, 0.25) is 0 Å². The van der Waals surface area contributed by atoms with E-state index in [0.29, 0.717) is 0 Å². The minimum absolute atomic E-state index is 0.0964. The molecule has 1 aromatic heterocycles. The molecule has 0 N–H and O–H groups in total. The van der Waals surface area contributed by atoms with Crippen LogP contribution in [0, 0.1) is 12.7 Å². The third-order valence-electron chi connectivity index (χ3n) is 2.67. The molecule has 3 heteroatoms. The smallest absolute Gasteiger partial charge is 0.134 e. The molecular weight excluding hydrogens is 227 g/mol. The highest BCUT2D eigenvalue weighted by Gasteiger charge is 2.18. The monoisotopic (exact) mass is 244 g/mol. The van der Waals surface area contributed by atoms with E-state index in [2.05, 4.69) is 30.7 Å². The molecule has 0 fully saturated rings. The van der Waals surface area contributed by atoms with Gasteiger partial charge in [0, 0.05) is 16.7 Å². The fourth-order valence-electron chi connectivity index (χ4n) is 1.67. The molecule has 0 saturated heterocycles. The molecule has 0 unspecified atom stereocenters. The van der Waals surface area contributed by atoms with Crippen molar-refractivity contribution in [3.63, 3.8) is 0 Å². The summed E-state index contributed by atoms with van der Waals surface area (Å²) in [6.45, 7) is 8.19. The number of nitrogens with zero attached hydrogens (tertiary/aromatic N) is 2. The summed E-state index contributed by atoms with van der Waals surface area (Å²) in [6, 6.07) is 8.29. The SMILES string of the molecule is Cc1cc(-c2ccc(F)cc2)nc(C(C)(C)C)n1. The highest BCUT2D eigenvalue weighted by Crippen LogP contribution is 2.23. The summed E-state index contributed by atoms with van der Waals surface area (Å²) in [5, 5.41) is 0. The van der Waals surface area contributed by atoms with Crippen LogP contribution in [0.25, 0.3) is 11.3 Å². The Bertz CT molecular complexity index is 554. The van der Waals surface area contributed by atoms with E-state index in [1.165, 1.54) is 12.1 Å². The Hall–Kier alpha value is -1.77. The predicted molar refractivity (Wildman–Crippen MR) is 70.9 cm³/mol. The molecule has 18 heavy (non-hydrogen) atoms. The second-order valence-corrected chi connectivity index (χ2v) is 5.48. The average Bonchev–Trinajstić information content (AvgIpc) is 2.28. The number of aryl methyl sites for hydroxylation is 1. The van der Waals surface area contributed by atoms with Crippen LogP contribution in [0.3, 0.4) is 0 Å². The second kappa shape index (κ2) is 4.48. The molecule has 0 radical (unpaired) electrons. The van der Waals surface area contributed by atoms with Gasteiger partial charge < -0.3 is 0 Å². The summed E-state index contributed by atoms with van der Waals surface area (Å²) in [6.07, 6.45) is 0. The molecular formula is C15H17FN2. The lowest BCUT2D eigenvalue weighted by molar-refractivity contribution is 0.544. The average molecular weight is 244 g/mol. The van der Waals surface area contributed by atoms with Crippen molar-refractivity contribution in [2.75, 3.05) is 0 Å². The van der Waals surface area contributed by atoms with Crippen molar-refractivity contribution in [1.82, 2.24) is 9.97 Å². The van der Waals surface area contributed by atoms with Gasteiger partial charge in [0.1, 0.15) is 11.6 Å². The molecule has 1 heterocycles. The molecule has 2 aromatic rings. The Balaban J connectivity index is 2.52. The largest absolute Gasteiger partial charge is 0.238 e. The lowest BCUT2D eigenvalue weighted by atomic mass is 9.95. The Morgan fingerprint density at radius 3 is 2.17 bits per heavy atom. The van der Waals surface area contributed by atoms with Crippen LogP contribution in [-0.2, 0) is 5.41 Å². The number of hydrogen-bond donors (Lipinski definition) is 0. The standard InChI is InChI=1S/C15H17FN2/c1-10-9-13(11-5-7-12(16)8-6-11)18-14(17-10)15(2,3)4/h5-9H,1-4H3. The summed E-state index contributed by atoms with van der Waals surface area (Å²) in [5.74, 6) is 0.572. The van der Waals surface area contributed by atoms with E-state index < -0.39 is 0 Å². The number of benzene rings is 1. The Labute approximate surface area is 107 Å². The van der Waals surface area contributed by atoms with Crippen LogP contribution < -0.4 is 0 Å². The molecule has 2 nitrogen and oxygen atoms in total. The van der Waals surface area contributed by atoms with Gasteiger partial charge in [-0.25, -0.2) is 14.4 Å². The van der Waals surface area contributed by atoms with E-state index in [-0.39, 0.29) is 11.2 Å². The predicted octanol–water partition coefficient (Wildman–Crippen LogP) is 3.89. The first kappa shape index (κ1) is 12.7. The second-order valence-electron chi connectivity index (χ2n) is 5.48. The lowest BCUT2D eigenvalue weighted by Crippen LogP contribution is -2.17. The van der Waals surface area contributed by atoms with Crippen LogP contribution in [-0.4, -0.2) is 9.97 Å². The van der Waals surface area contributed by atoms with E-state index in [0.717, 1.165) is 22.8 Å². The summed E-state index contributed by atoms with van der Waals surface area (Å²) < 4.78 is 12.9. The van der Waals surface area contributed by atoms with Crippen molar-refractivity contribution in [3.05, 3.63) is 47.7 Å². The van der Waals surface area contributed by atoms with Crippen molar-refractivity contribution in [2.24, 2.45) is 0 Å². The molecule has 0 atom stereocenters. The van der Waals surface area contributed by atoms with Gasteiger partial charge in [-0.3, -0.25) is 0 Å². The van der Waals surface area contributed by atoms with Crippen LogP contribution in [0.2, 0.25) is 0 Å². The zero-order chi connectivity index (χ0) is 13.3. The molecule has 2 rings (SSSR count). The van der Waals surface area contributed by atoms with Crippen LogP contribution in [0.1, 0.15) is 32.3 Å². The van der Waals surface area contributed by atoms with Crippen molar-refractivity contribution >= 4 is 0 Å². The van der Waals surface area contributed by atoms with Gasteiger partial charge in [0.05, 0.1) is 5.69 Å². The Morgan fingerprint density at radius 2 is 1.61 bits per heavy atom. The van der Waals surface area contributed by atoms with Gasteiger partial charge in [-0.2, -0.15) is 0 Å². The van der Waals surface area contributed by atoms with E-state index in [1.54, 1.807) is 12.1 Å². The summed E-state index contributed by atoms with van der Waals surface area (Å²) in [4.78, 5) is 9.03. The van der Waals surface area contributed by atoms with E-state index in [4.69, 9.17) is 0 Å². The minimum atomic E-state index is -0.236. The fraction of sp³-hybridized carbons (Fsp3) is 0.333. The van der Waals surface area contributed by atoms with Crippen molar-refractivity contribution in [2.45, 2.75) is 33.1 Å². The first-order valence-corrected chi connectivity index (χ1v) is 5.98. The molecule has 0 aliphatic carbocycles. The zero-order valence-electron chi connectivity index (χ0n) is 11.2. The fourth-order valence-corrected chi connectivity index (χ4v) is 1.67. The van der Waals surface area contributed by atoms with E-state index >= 15 is 0 Å². The first-order valence-electron chi connectivity index (χ1n) is 5.98. The normalized spacial score (nSPS) is 11.6. The van der Waals surface area contributed by atoms with E-state index in [9.17, 15) is 4.39 Å². The van der Waals surface area contributed by atoms with Gasteiger partial charge >= 0.3 is 0 Å². The van der Waals surface area contributed by atoms with Crippen LogP contribution in [0.15, 0.2) is 30.3 Å². The molecule has 0 aliphatic rings. The summed E-state index contributed by atoms with van der Waals surface area (Å²) >= 11 is 0. The van der Waals surface area contributed by atoms with Gasteiger partial charge in [-0.15, -0.1) is 0 Å². The maximum atomic E-state index is 12.9. The van der Waals surface area contributed by atoms with Crippen molar-refractivity contribution in [1.29, 1.82) is 0 Å². The minimum Gasteiger partial charge on any atom is -0.238 e. The molecule has 0 spiro atoms. The van der Waals surface area contributed by atoms with Crippen LogP contribution >= 0.6 is 0 Å². The first-order chi connectivity index (χ1) is 8.36. The van der Waals surface area contributed by atoms with Gasteiger partial charge in [0.25, 0.3) is 0 Å². The number of rotatable bonds is 1. The lowest BCUT2D eigenvalue weighted by Gasteiger charge is -2.18. The van der Waals surface area contributed by atoms with Gasteiger partial charge in [-0.05, 0) is 37.3 Å². The number of hydrogen-bond acceptors (Lipinski definition) is 2. The topological polar surface area (TPSA) is 25.8 Å². The van der Waals surface area contributed by atoms with Crippen LogP contribution in [0.4, 0.5) is 4.39 Å². The third-order valence-corrected chi connectivity index (χ3v) is 2.67. The van der Waals surface area contributed by atoms with E-state index in [1.807, 2.05) is 13.0 Å². The zero-order valence-corrected chi connectivity index (χ0v) is 11.2. The molecule has 0 bridgehead atoms. The summed E-state index contributed by atoms with van der Waals surface area (Å²) in [5.41, 5.74) is 2.58. The molecule has 94 valence electrons. The summed E-state index contributed by atoms with van der Waals surface area (Å²) in [7, 11) is 0. The van der Waals surface area contributed by atoms with Crippen molar-refractivity contribution < 1.29 is 4.39 Å². The Morgan fingerprint density at radius 1 is 1.00 bits per heavy atom. The maximum absolute atomic E-state index is 12.9. The molecule has 0 amide bonds. The number of aromatic nitrogens is 2. The Kier molecular flexibility index (Phi) is 3.16. The highest BCUT2D eigenvalue weighted by atomic mass is 19.1.